The Bertz CT molecular complexity index is 2540. The second kappa shape index (κ2) is 21.3. The number of ether oxygens (including phenoxy) is 4. The lowest BCUT2D eigenvalue weighted by molar-refractivity contribution is -0.121. The van der Waals surface area contributed by atoms with Gasteiger partial charge in [0.1, 0.15) is 50.1 Å². The minimum atomic E-state index is -4.13. The molecule has 0 amide bonds. The van der Waals surface area contributed by atoms with Crippen molar-refractivity contribution in [2.45, 2.75) is 48.6 Å². The van der Waals surface area contributed by atoms with Crippen LogP contribution in [0.5, 0.6) is 34.5 Å². The molecule has 0 saturated carbocycles. The first-order valence-corrected chi connectivity index (χ1v) is 23.1. The Labute approximate surface area is 375 Å². The number of ketones is 1. The van der Waals surface area contributed by atoms with Gasteiger partial charge in [-0.05, 0) is 85.6 Å². The summed E-state index contributed by atoms with van der Waals surface area (Å²) in [5.74, 6) is 0.912. The summed E-state index contributed by atoms with van der Waals surface area (Å²) in [7, 11) is -1.98. The van der Waals surface area contributed by atoms with Crippen molar-refractivity contribution in [2.24, 2.45) is 0 Å². The van der Waals surface area contributed by atoms with Crippen molar-refractivity contribution < 1.29 is 48.9 Å². The second-order valence-electron chi connectivity index (χ2n) is 15.0. The van der Waals surface area contributed by atoms with Crippen LogP contribution in [0.15, 0.2) is 143 Å². The monoisotopic (exact) mass is 908 g/mol. The molecule has 0 spiro atoms. The number of hydrogen-bond donors (Lipinski definition) is 2. The van der Waals surface area contributed by atoms with E-state index in [1.165, 1.54) is 48.5 Å². The maximum absolute atomic E-state index is 15.2. The molecule has 0 heterocycles. The van der Waals surface area contributed by atoms with Gasteiger partial charge in [0.05, 0.1) is 40.3 Å². The molecule has 6 rings (SSSR count). The zero-order chi connectivity index (χ0) is 45.9. The fraction of sp³-hybridized carbons (Fsp3) is 0.245. The zero-order valence-corrected chi connectivity index (χ0v) is 38.1. The highest BCUT2D eigenvalue weighted by molar-refractivity contribution is 7.87. The molecule has 2 unspecified atom stereocenters. The third-order valence-electron chi connectivity index (χ3n) is 10.6. The summed E-state index contributed by atoms with van der Waals surface area (Å²) in [4.78, 5) is 15.2. The van der Waals surface area contributed by atoms with Gasteiger partial charge in [-0.3, -0.25) is 4.79 Å². The molecule has 15 heteroatoms. The van der Waals surface area contributed by atoms with Gasteiger partial charge in [-0.25, -0.2) is 0 Å². The van der Waals surface area contributed by atoms with E-state index in [-0.39, 0.29) is 40.2 Å². The van der Waals surface area contributed by atoms with Gasteiger partial charge in [-0.1, -0.05) is 71.8 Å². The highest BCUT2D eigenvalue weighted by Crippen LogP contribution is 2.32. The fourth-order valence-electron chi connectivity index (χ4n) is 6.98. The van der Waals surface area contributed by atoms with Crippen molar-refractivity contribution in [3.05, 3.63) is 167 Å². The maximum atomic E-state index is 15.2. The summed E-state index contributed by atoms with van der Waals surface area (Å²) in [6, 6.07) is 36.5. The van der Waals surface area contributed by atoms with Crippen molar-refractivity contribution in [3.8, 4) is 34.5 Å². The molecule has 6 aromatic carbocycles. The number of rotatable bonds is 22. The van der Waals surface area contributed by atoms with Crippen molar-refractivity contribution in [3.63, 3.8) is 0 Å². The largest absolute Gasteiger partial charge is 0.497 e. The summed E-state index contributed by atoms with van der Waals surface area (Å²) in [5.41, 5.74) is 4.69. The number of carbonyl (C=O) groups excluding carboxylic acids is 1. The van der Waals surface area contributed by atoms with E-state index in [1.54, 1.807) is 89.1 Å². The SMILES string of the molecule is COc1ccc(CNCC(C(=O)C(CNCc2ccc(OC)cc2OC)c2ccc(OS(=O)(=O)c3ccc(C)cc3)cc2)c2ccc(OS(=O)(=O)c3ccc(C)cc3)cc2)c(OC)c1. The maximum Gasteiger partial charge on any atom is 0.339 e. The average molecular weight is 909 g/mol. The topological polar surface area (TPSA) is 165 Å². The number of methoxy groups -OCH3 is 4. The molecule has 13 nitrogen and oxygen atoms in total. The van der Waals surface area contributed by atoms with E-state index < -0.39 is 32.1 Å². The molecule has 0 aromatic heterocycles. The molecule has 2 atom stereocenters. The summed E-state index contributed by atoms with van der Waals surface area (Å²) in [6.07, 6.45) is 0. The van der Waals surface area contributed by atoms with Crippen LogP contribution in [0.3, 0.4) is 0 Å². The summed E-state index contributed by atoms with van der Waals surface area (Å²) < 4.78 is 85.6. The summed E-state index contributed by atoms with van der Waals surface area (Å²) in [5, 5.41) is 6.87. The molecular formula is C49H52N2O11S2. The van der Waals surface area contributed by atoms with E-state index in [9.17, 15) is 16.8 Å². The number of carbonyl (C=O) groups is 1. The smallest absolute Gasteiger partial charge is 0.339 e. The van der Waals surface area contributed by atoms with Crippen molar-refractivity contribution in [2.75, 3.05) is 41.5 Å². The van der Waals surface area contributed by atoms with Crippen molar-refractivity contribution >= 4 is 26.0 Å². The molecule has 0 saturated heterocycles. The van der Waals surface area contributed by atoms with Crippen LogP contribution in [0.2, 0.25) is 0 Å². The van der Waals surface area contributed by atoms with Crippen LogP contribution in [-0.4, -0.2) is 64.1 Å². The van der Waals surface area contributed by atoms with Gasteiger partial charge >= 0.3 is 20.2 Å². The predicted molar refractivity (Wildman–Crippen MR) is 244 cm³/mol. The van der Waals surface area contributed by atoms with E-state index >= 15 is 4.79 Å². The Morgan fingerprint density at radius 3 is 1.14 bits per heavy atom. The Morgan fingerprint density at radius 1 is 0.469 bits per heavy atom. The number of benzene rings is 6. The molecule has 2 N–H and O–H groups in total. The van der Waals surface area contributed by atoms with Crippen LogP contribution in [-0.2, 0) is 38.1 Å². The Hall–Kier alpha value is -6.39. The average Bonchev–Trinajstić information content (AvgIpc) is 3.30. The van der Waals surface area contributed by atoms with Crippen LogP contribution < -0.4 is 37.9 Å². The molecular weight excluding hydrogens is 857 g/mol. The summed E-state index contributed by atoms with van der Waals surface area (Å²) >= 11 is 0. The first kappa shape index (κ1) is 47.1. The molecule has 0 aliphatic rings. The van der Waals surface area contributed by atoms with Crippen LogP contribution in [0.4, 0.5) is 0 Å². The lowest BCUT2D eigenvalue weighted by Gasteiger charge is -2.25. The van der Waals surface area contributed by atoms with Gasteiger partial charge in [0, 0.05) is 49.4 Å². The number of nitrogens with one attached hydrogen (secondary N) is 2. The van der Waals surface area contributed by atoms with Crippen LogP contribution in [0.25, 0.3) is 0 Å². The second-order valence-corrected chi connectivity index (χ2v) is 18.1. The van der Waals surface area contributed by atoms with Gasteiger partial charge in [0.15, 0.2) is 0 Å². The minimum Gasteiger partial charge on any atom is -0.497 e. The first-order valence-electron chi connectivity index (χ1n) is 20.3. The third-order valence-corrected chi connectivity index (χ3v) is 13.1. The van der Waals surface area contributed by atoms with Gasteiger partial charge in [0.25, 0.3) is 0 Å². The van der Waals surface area contributed by atoms with Gasteiger partial charge in [-0.2, -0.15) is 16.8 Å². The van der Waals surface area contributed by atoms with Crippen LogP contribution >= 0.6 is 0 Å². The molecule has 0 aliphatic carbocycles. The van der Waals surface area contributed by atoms with Gasteiger partial charge in [0.2, 0.25) is 0 Å². The first-order chi connectivity index (χ1) is 30.7. The molecule has 0 bridgehead atoms. The molecule has 0 aliphatic heterocycles. The number of hydrogen-bond acceptors (Lipinski definition) is 13. The highest BCUT2D eigenvalue weighted by atomic mass is 32.2. The van der Waals surface area contributed by atoms with Crippen LogP contribution in [0, 0.1) is 13.8 Å². The van der Waals surface area contributed by atoms with Gasteiger partial charge in [-0.15, -0.1) is 0 Å². The van der Waals surface area contributed by atoms with E-state index in [0.717, 1.165) is 22.3 Å². The zero-order valence-electron chi connectivity index (χ0n) is 36.5. The van der Waals surface area contributed by atoms with Crippen molar-refractivity contribution in [1.29, 1.82) is 0 Å². The van der Waals surface area contributed by atoms with E-state index in [0.29, 0.717) is 47.2 Å². The van der Waals surface area contributed by atoms with Crippen molar-refractivity contribution in [1.82, 2.24) is 10.6 Å². The molecule has 336 valence electrons. The summed E-state index contributed by atoms with van der Waals surface area (Å²) in [6.45, 7) is 4.75. The molecule has 64 heavy (non-hydrogen) atoms. The number of Topliss-reactive ketones (excluding diaryl/α,β-unsaturated/α-hetero) is 1. The van der Waals surface area contributed by atoms with E-state index in [4.69, 9.17) is 27.3 Å². The standard InChI is InChI=1S/C49H52N2O11S2/c1-33-7-23-43(24-8-33)63(53,54)61-39-17-11-35(12-18-39)45(31-50-29-37-15-21-41(57-3)27-47(37)59-5)49(52)46(32-51-30-38-16-22-42(58-4)28-48(38)60-6)36-13-19-40(20-14-36)62-64(55,56)44-25-9-34(2)10-26-44/h7-28,45-46,50-51H,29-32H2,1-6H3. The molecule has 6 aromatic rings. The quantitative estimate of drug-likeness (QED) is 0.0633. The Balaban J connectivity index is 1.32. The lowest BCUT2D eigenvalue weighted by atomic mass is 9.83. The Kier molecular flexibility index (Phi) is 15.7. The predicted octanol–water partition coefficient (Wildman–Crippen LogP) is 7.89. The normalized spacial score (nSPS) is 12.5. The Morgan fingerprint density at radius 2 is 0.812 bits per heavy atom. The van der Waals surface area contributed by atoms with E-state index in [2.05, 4.69) is 10.6 Å². The molecule has 0 radical (unpaired) electrons. The van der Waals surface area contributed by atoms with Crippen LogP contribution in [0.1, 0.15) is 45.2 Å². The lowest BCUT2D eigenvalue weighted by Crippen LogP contribution is -2.34. The fourth-order valence-corrected chi connectivity index (χ4v) is 8.84. The number of aryl methyl sites for hydroxylation is 2. The highest BCUT2D eigenvalue weighted by Gasteiger charge is 2.30. The van der Waals surface area contributed by atoms with E-state index in [1.807, 2.05) is 38.1 Å². The van der Waals surface area contributed by atoms with Gasteiger partial charge < -0.3 is 37.9 Å². The minimum absolute atomic E-state index is 0.0140. The third kappa shape index (κ3) is 12.0. The molecule has 0 fully saturated rings.